The first-order chi connectivity index (χ1) is 8.63. The summed E-state index contributed by atoms with van der Waals surface area (Å²) in [5, 5.41) is 13.1. The molecule has 0 fully saturated rings. The Bertz CT molecular complexity index is 356. The Morgan fingerprint density at radius 3 is 2.83 bits per heavy atom. The topological polar surface area (TPSA) is 41.5 Å². The zero-order valence-electron chi connectivity index (χ0n) is 11.1. The summed E-state index contributed by atoms with van der Waals surface area (Å²) in [6.45, 7) is 6.18. The van der Waals surface area contributed by atoms with E-state index < -0.39 is 0 Å². The summed E-state index contributed by atoms with van der Waals surface area (Å²) < 4.78 is 5.52. The molecule has 1 aromatic rings. The van der Waals surface area contributed by atoms with E-state index in [9.17, 15) is 0 Å². The molecule has 3 nitrogen and oxygen atoms in total. The van der Waals surface area contributed by atoms with Gasteiger partial charge in [-0.25, -0.2) is 0 Å². The molecule has 0 aliphatic rings. The number of benzene rings is 1. The molecular weight excluding hydrogens is 250 g/mol. The molecule has 18 heavy (non-hydrogen) atoms. The van der Waals surface area contributed by atoms with Gasteiger partial charge < -0.3 is 15.2 Å². The number of rotatable bonds is 8. The highest BCUT2D eigenvalue weighted by molar-refractivity contribution is 6.32. The lowest BCUT2D eigenvalue weighted by Gasteiger charge is -2.11. The summed E-state index contributed by atoms with van der Waals surface area (Å²) in [4.78, 5) is 0. The molecular formula is C14H22ClNO2. The van der Waals surface area contributed by atoms with E-state index in [1.807, 2.05) is 18.2 Å². The Morgan fingerprint density at radius 2 is 2.22 bits per heavy atom. The maximum Gasteiger partial charge on any atom is 0.137 e. The maximum atomic E-state index is 9.14. The van der Waals surface area contributed by atoms with Crippen molar-refractivity contribution >= 4 is 11.6 Å². The molecule has 0 saturated carbocycles. The molecule has 0 bridgehead atoms. The number of ether oxygens (including phenoxy) is 1. The third-order valence-electron chi connectivity index (χ3n) is 2.55. The van der Waals surface area contributed by atoms with Crippen LogP contribution in [0.25, 0.3) is 0 Å². The molecule has 0 spiro atoms. The van der Waals surface area contributed by atoms with Crippen LogP contribution in [0.5, 0.6) is 5.75 Å². The summed E-state index contributed by atoms with van der Waals surface area (Å²) in [5.74, 6) is 0.677. The van der Waals surface area contributed by atoms with Gasteiger partial charge in [-0.3, -0.25) is 0 Å². The molecule has 0 heterocycles. The van der Waals surface area contributed by atoms with Gasteiger partial charge in [0.2, 0.25) is 0 Å². The van der Waals surface area contributed by atoms with Gasteiger partial charge in [0.15, 0.2) is 0 Å². The number of nitrogens with one attached hydrogen (secondary N) is 1. The Kier molecular flexibility index (Phi) is 7.09. The molecule has 0 aliphatic heterocycles. The van der Waals surface area contributed by atoms with Crippen LogP contribution >= 0.6 is 11.6 Å². The summed E-state index contributed by atoms with van der Waals surface area (Å²) >= 11 is 6.14. The molecule has 0 amide bonds. The fourth-order valence-corrected chi connectivity index (χ4v) is 1.78. The van der Waals surface area contributed by atoms with Gasteiger partial charge in [0.1, 0.15) is 5.75 Å². The highest BCUT2D eigenvalue weighted by atomic mass is 35.5. The van der Waals surface area contributed by atoms with E-state index in [-0.39, 0.29) is 6.10 Å². The molecule has 4 heteroatoms. The SMILES string of the molecule is CCCNCc1ccc(OCCC(C)O)c(Cl)c1. The lowest BCUT2D eigenvalue weighted by molar-refractivity contribution is 0.155. The minimum atomic E-state index is -0.346. The van der Waals surface area contributed by atoms with E-state index in [1.54, 1.807) is 6.92 Å². The Labute approximate surface area is 114 Å². The first-order valence-electron chi connectivity index (χ1n) is 6.43. The Hall–Kier alpha value is -0.770. The van der Waals surface area contributed by atoms with Gasteiger partial charge in [-0.05, 0) is 37.6 Å². The van der Waals surface area contributed by atoms with Gasteiger partial charge in [-0.15, -0.1) is 0 Å². The summed E-state index contributed by atoms with van der Waals surface area (Å²) in [6, 6.07) is 5.81. The second-order valence-corrected chi connectivity index (χ2v) is 4.83. The smallest absolute Gasteiger partial charge is 0.137 e. The van der Waals surface area contributed by atoms with Crippen molar-refractivity contribution in [1.29, 1.82) is 0 Å². The van der Waals surface area contributed by atoms with Crippen LogP contribution in [0.15, 0.2) is 18.2 Å². The van der Waals surface area contributed by atoms with Crippen molar-refractivity contribution in [3.05, 3.63) is 28.8 Å². The first kappa shape index (κ1) is 15.3. The fourth-order valence-electron chi connectivity index (χ4n) is 1.52. The van der Waals surface area contributed by atoms with Crippen LogP contribution in [-0.2, 0) is 6.54 Å². The van der Waals surface area contributed by atoms with Gasteiger partial charge in [0.25, 0.3) is 0 Å². The monoisotopic (exact) mass is 271 g/mol. The van der Waals surface area contributed by atoms with Gasteiger partial charge in [-0.1, -0.05) is 24.6 Å². The number of halogens is 1. The number of hydrogen-bond donors (Lipinski definition) is 2. The number of aliphatic hydroxyl groups excluding tert-OH is 1. The molecule has 0 saturated heterocycles. The van der Waals surface area contributed by atoms with Crippen LogP contribution in [0.1, 0.15) is 32.3 Å². The Morgan fingerprint density at radius 1 is 1.44 bits per heavy atom. The normalized spacial score (nSPS) is 12.4. The van der Waals surface area contributed by atoms with Crippen molar-refractivity contribution < 1.29 is 9.84 Å². The molecule has 1 atom stereocenters. The highest BCUT2D eigenvalue weighted by Gasteiger charge is 2.04. The highest BCUT2D eigenvalue weighted by Crippen LogP contribution is 2.25. The van der Waals surface area contributed by atoms with Crippen LogP contribution < -0.4 is 10.1 Å². The quantitative estimate of drug-likeness (QED) is 0.714. The lowest BCUT2D eigenvalue weighted by Crippen LogP contribution is -2.13. The van der Waals surface area contributed by atoms with Gasteiger partial charge in [0, 0.05) is 13.0 Å². The van der Waals surface area contributed by atoms with Crippen molar-refractivity contribution in [3.63, 3.8) is 0 Å². The second-order valence-electron chi connectivity index (χ2n) is 4.43. The Balaban J connectivity index is 2.46. The first-order valence-corrected chi connectivity index (χ1v) is 6.81. The van der Waals surface area contributed by atoms with Crippen molar-refractivity contribution in [3.8, 4) is 5.75 Å². The van der Waals surface area contributed by atoms with E-state index in [0.29, 0.717) is 23.8 Å². The van der Waals surface area contributed by atoms with Crippen LogP contribution in [0.3, 0.4) is 0 Å². The molecule has 1 unspecified atom stereocenters. The molecule has 0 radical (unpaired) electrons. The van der Waals surface area contributed by atoms with Crippen LogP contribution in [0.2, 0.25) is 5.02 Å². The molecule has 102 valence electrons. The van der Waals surface area contributed by atoms with Gasteiger partial charge >= 0.3 is 0 Å². The van der Waals surface area contributed by atoms with Crippen molar-refractivity contribution in [2.24, 2.45) is 0 Å². The fraction of sp³-hybridized carbons (Fsp3) is 0.571. The summed E-state index contributed by atoms with van der Waals surface area (Å²) in [7, 11) is 0. The summed E-state index contributed by atoms with van der Waals surface area (Å²) in [5.41, 5.74) is 1.15. The van der Waals surface area contributed by atoms with Crippen molar-refractivity contribution in [2.75, 3.05) is 13.2 Å². The second kappa shape index (κ2) is 8.35. The molecule has 1 aromatic carbocycles. The van der Waals surface area contributed by atoms with E-state index in [1.165, 1.54) is 0 Å². The van der Waals surface area contributed by atoms with E-state index in [0.717, 1.165) is 25.1 Å². The average Bonchev–Trinajstić information content (AvgIpc) is 2.32. The zero-order valence-corrected chi connectivity index (χ0v) is 11.8. The standard InChI is InChI=1S/C14H22ClNO2/c1-3-7-16-10-12-4-5-14(13(15)9-12)18-8-6-11(2)17/h4-5,9,11,16-17H,3,6-8,10H2,1-2H3. The third kappa shape index (κ3) is 5.71. The van der Waals surface area contributed by atoms with Gasteiger partial charge in [-0.2, -0.15) is 0 Å². The predicted octanol–water partition coefficient (Wildman–Crippen LogP) is 2.99. The third-order valence-corrected chi connectivity index (χ3v) is 2.84. The lowest BCUT2D eigenvalue weighted by atomic mass is 10.2. The molecule has 0 aliphatic carbocycles. The molecule has 2 N–H and O–H groups in total. The van der Waals surface area contributed by atoms with Crippen molar-refractivity contribution in [2.45, 2.75) is 39.3 Å². The number of aliphatic hydroxyl groups is 1. The summed E-state index contributed by atoms with van der Waals surface area (Å²) in [6.07, 6.45) is 1.38. The van der Waals surface area contributed by atoms with E-state index >= 15 is 0 Å². The van der Waals surface area contributed by atoms with Crippen LogP contribution in [0, 0.1) is 0 Å². The maximum absolute atomic E-state index is 9.14. The minimum Gasteiger partial charge on any atom is -0.492 e. The number of hydrogen-bond acceptors (Lipinski definition) is 3. The minimum absolute atomic E-state index is 0.346. The van der Waals surface area contributed by atoms with E-state index in [4.69, 9.17) is 21.4 Å². The molecule has 1 rings (SSSR count). The average molecular weight is 272 g/mol. The van der Waals surface area contributed by atoms with Crippen LogP contribution in [-0.4, -0.2) is 24.4 Å². The zero-order chi connectivity index (χ0) is 13.4. The predicted molar refractivity (Wildman–Crippen MR) is 75.2 cm³/mol. The van der Waals surface area contributed by atoms with Crippen molar-refractivity contribution in [1.82, 2.24) is 5.32 Å². The van der Waals surface area contributed by atoms with Crippen LogP contribution in [0.4, 0.5) is 0 Å². The van der Waals surface area contributed by atoms with Gasteiger partial charge in [0.05, 0.1) is 17.7 Å². The largest absolute Gasteiger partial charge is 0.492 e. The van der Waals surface area contributed by atoms with E-state index in [2.05, 4.69) is 12.2 Å². The molecule has 0 aromatic heterocycles.